The van der Waals surface area contributed by atoms with Gasteiger partial charge in [0.05, 0.1) is 10.7 Å². The number of nitrogens with zero attached hydrogens (tertiary/aromatic N) is 1. The van der Waals surface area contributed by atoms with Crippen LogP contribution in [0.2, 0.25) is 0 Å². The Hall–Kier alpha value is -0.690. The highest BCUT2D eigenvalue weighted by atomic mass is 32.2. The number of hydrogen-bond acceptors (Lipinski definition) is 4. The van der Waals surface area contributed by atoms with Gasteiger partial charge in [-0.15, -0.1) is 0 Å². The first kappa shape index (κ1) is 17.4. The molecular formula is C13H24N2O3S2. The van der Waals surface area contributed by atoms with Gasteiger partial charge in [-0.2, -0.15) is 0 Å². The van der Waals surface area contributed by atoms with E-state index in [4.69, 9.17) is 18.0 Å². The average molecular weight is 320 g/mol. The number of amides is 1. The van der Waals surface area contributed by atoms with E-state index in [0.29, 0.717) is 37.3 Å². The standard InChI is InChI=1S/C13H24N2O3S2/c1-10(2)9-15(7-6-12(14)19)13(16)11-5-3-4-8-20(11,17)18/h10-11H,3-9H2,1-2H3,(H2,14,19). The van der Waals surface area contributed by atoms with Gasteiger partial charge in [0.2, 0.25) is 5.91 Å². The first-order valence-electron chi connectivity index (χ1n) is 7.02. The Kier molecular flexibility index (Phi) is 6.39. The molecule has 5 nitrogen and oxygen atoms in total. The molecule has 0 saturated carbocycles. The fourth-order valence-corrected chi connectivity index (χ4v) is 4.38. The number of carbonyl (C=O) groups is 1. The molecule has 1 fully saturated rings. The Morgan fingerprint density at radius 3 is 2.55 bits per heavy atom. The fraction of sp³-hybridized carbons (Fsp3) is 0.846. The molecule has 0 aliphatic carbocycles. The summed E-state index contributed by atoms with van der Waals surface area (Å²) in [5, 5.41) is -0.874. The molecule has 1 heterocycles. The lowest BCUT2D eigenvalue weighted by molar-refractivity contribution is -0.131. The Balaban J connectivity index is 2.82. The van der Waals surface area contributed by atoms with Crippen LogP contribution in [0.4, 0.5) is 0 Å². The van der Waals surface area contributed by atoms with Gasteiger partial charge in [-0.05, 0) is 18.8 Å². The van der Waals surface area contributed by atoms with Gasteiger partial charge in [-0.3, -0.25) is 4.79 Å². The molecule has 1 atom stereocenters. The maximum atomic E-state index is 12.5. The van der Waals surface area contributed by atoms with E-state index < -0.39 is 15.1 Å². The van der Waals surface area contributed by atoms with Gasteiger partial charge in [0, 0.05) is 19.5 Å². The van der Waals surface area contributed by atoms with Crippen LogP contribution in [0, 0.1) is 5.92 Å². The third-order valence-electron chi connectivity index (χ3n) is 3.38. The van der Waals surface area contributed by atoms with Gasteiger partial charge in [-0.1, -0.05) is 32.5 Å². The van der Waals surface area contributed by atoms with E-state index in [2.05, 4.69) is 0 Å². The summed E-state index contributed by atoms with van der Waals surface area (Å²) in [5.41, 5.74) is 5.48. The minimum absolute atomic E-state index is 0.119. The first-order valence-corrected chi connectivity index (χ1v) is 9.15. The predicted molar refractivity (Wildman–Crippen MR) is 84.2 cm³/mol. The molecule has 1 rings (SSSR count). The maximum absolute atomic E-state index is 12.5. The van der Waals surface area contributed by atoms with Gasteiger partial charge >= 0.3 is 0 Å². The Labute approximate surface area is 126 Å². The Morgan fingerprint density at radius 1 is 1.40 bits per heavy atom. The molecule has 1 unspecified atom stereocenters. The zero-order valence-electron chi connectivity index (χ0n) is 12.2. The molecule has 0 aromatic carbocycles. The zero-order valence-corrected chi connectivity index (χ0v) is 13.8. The van der Waals surface area contributed by atoms with Crippen molar-refractivity contribution in [2.24, 2.45) is 11.7 Å². The minimum Gasteiger partial charge on any atom is -0.393 e. The third-order valence-corrected chi connectivity index (χ3v) is 5.75. The number of hydrogen-bond donors (Lipinski definition) is 1. The summed E-state index contributed by atoms with van der Waals surface area (Å²) in [5.74, 6) is 0.111. The molecule has 0 bridgehead atoms. The summed E-state index contributed by atoms with van der Waals surface area (Å²) in [6.45, 7) is 4.93. The lowest BCUT2D eigenvalue weighted by Crippen LogP contribution is -2.47. The molecule has 0 radical (unpaired) electrons. The largest absolute Gasteiger partial charge is 0.393 e. The van der Waals surface area contributed by atoms with E-state index in [9.17, 15) is 13.2 Å². The summed E-state index contributed by atoms with van der Waals surface area (Å²) in [6, 6.07) is 0. The van der Waals surface area contributed by atoms with Gasteiger partial charge in [-0.25, -0.2) is 8.42 Å². The zero-order chi connectivity index (χ0) is 15.3. The Morgan fingerprint density at radius 2 is 2.05 bits per heavy atom. The second kappa shape index (κ2) is 7.36. The molecule has 116 valence electrons. The third kappa shape index (κ3) is 5.01. The van der Waals surface area contributed by atoms with Crippen LogP contribution < -0.4 is 5.73 Å². The highest BCUT2D eigenvalue weighted by Gasteiger charge is 2.37. The van der Waals surface area contributed by atoms with Crippen molar-refractivity contribution in [2.45, 2.75) is 44.8 Å². The predicted octanol–water partition coefficient (Wildman–Crippen LogP) is 1.11. The quantitative estimate of drug-likeness (QED) is 0.742. The van der Waals surface area contributed by atoms with Crippen LogP contribution in [0.25, 0.3) is 0 Å². The maximum Gasteiger partial charge on any atom is 0.240 e. The van der Waals surface area contributed by atoms with Crippen LogP contribution in [-0.2, 0) is 14.6 Å². The highest BCUT2D eigenvalue weighted by molar-refractivity contribution is 7.92. The van der Waals surface area contributed by atoms with E-state index in [0.717, 1.165) is 6.42 Å². The molecule has 1 saturated heterocycles. The number of thiocarbonyl (C=S) groups is 1. The molecule has 1 aliphatic rings. The van der Waals surface area contributed by atoms with Crippen LogP contribution >= 0.6 is 12.2 Å². The van der Waals surface area contributed by atoms with Crippen molar-refractivity contribution in [3.63, 3.8) is 0 Å². The summed E-state index contributed by atoms with van der Waals surface area (Å²) in [6.07, 6.45) is 2.31. The van der Waals surface area contributed by atoms with Crippen molar-refractivity contribution in [1.29, 1.82) is 0 Å². The Bertz CT molecular complexity index is 460. The van der Waals surface area contributed by atoms with E-state index in [1.54, 1.807) is 4.90 Å². The van der Waals surface area contributed by atoms with E-state index in [-0.39, 0.29) is 17.6 Å². The van der Waals surface area contributed by atoms with Crippen molar-refractivity contribution in [2.75, 3.05) is 18.8 Å². The van der Waals surface area contributed by atoms with Gasteiger partial charge in [0.1, 0.15) is 5.25 Å². The van der Waals surface area contributed by atoms with E-state index in [1.807, 2.05) is 13.8 Å². The average Bonchev–Trinajstić information content (AvgIpc) is 2.32. The lowest BCUT2D eigenvalue weighted by Gasteiger charge is -2.30. The lowest BCUT2D eigenvalue weighted by atomic mass is 10.1. The molecule has 2 N–H and O–H groups in total. The summed E-state index contributed by atoms with van der Waals surface area (Å²) < 4.78 is 24.1. The number of carbonyl (C=O) groups excluding carboxylic acids is 1. The molecule has 0 spiro atoms. The minimum atomic E-state index is -3.30. The van der Waals surface area contributed by atoms with Crippen molar-refractivity contribution in [3.8, 4) is 0 Å². The first-order chi connectivity index (χ1) is 9.24. The van der Waals surface area contributed by atoms with Crippen molar-refractivity contribution < 1.29 is 13.2 Å². The fourth-order valence-electron chi connectivity index (χ4n) is 2.41. The van der Waals surface area contributed by atoms with Crippen LogP contribution in [0.3, 0.4) is 0 Å². The molecule has 0 aromatic rings. The smallest absolute Gasteiger partial charge is 0.240 e. The number of sulfone groups is 1. The molecule has 0 aromatic heterocycles. The molecule has 1 amide bonds. The van der Waals surface area contributed by atoms with Gasteiger partial charge in [0.15, 0.2) is 9.84 Å². The van der Waals surface area contributed by atoms with Gasteiger partial charge in [0.25, 0.3) is 0 Å². The van der Waals surface area contributed by atoms with Crippen LogP contribution in [-0.4, -0.2) is 48.3 Å². The normalized spacial score (nSPS) is 21.6. The van der Waals surface area contributed by atoms with Crippen molar-refractivity contribution in [3.05, 3.63) is 0 Å². The summed E-state index contributed by atoms with van der Waals surface area (Å²) >= 11 is 4.84. The molecule has 7 heteroatoms. The number of rotatable bonds is 6. The molecule has 20 heavy (non-hydrogen) atoms. The van der Waals surface area contributed by atoms with Crippen molar-refractivity contribution in [1.82, 2.24) is 4.90 Å². The molecule has 1 aliphatic heterocycles. The van der Waals surface area contributed by atoms with Crippen LogP contribution in [0.5, 0.6) is 0 Å². The van der Waals surface area contributed by atoms with Crippen LogP contribution in [0.1, 0.15) is 39.5 Å². The van der Waals surface area contributed by atoms with E-state index >= 15 is 0 Å². The monoisotopic (exact) mass is 320 g/mol. The molecular weight excluding hydrogens is 296 g/mol. The highest BCUT2D eigenvalue weighted by Crippen LogP contribution is 2.22. The topological polar surface area (TPSA) is 80.5 Å². The van der Waals surface area contributed by atoms with Crippen LogP contribution in [0.15, 0.2) is 0 Å². The summed E-state index contributed by atoms with van der Waals surface area (Å²) in [7, 11) is -3.30. The summed E-state index contributed by atoms with van der Waals surface area (Å²) in [4.78, 5) is 14.5. The second-order valence-electron chi connectivity index (χ2n) is 5.75. The van der Waals surface area contributed by atoms with E-state index in [1.165, 1.54) is 0 Å². The van der Waals surface area contributed by atoms with Gasteiger partial charge < -0.3 is 10.6 Å². The number of nitrogens with two attached hydrogens (primary N) is 1. The SMILES string of the molecule is CC(C)CN(CCC(N)=S)C(=O)C1CCCCS1(=O)=O. The van der Waals surface area contributed by atoms with Crippen molar-refractivity contribution >= 4 is 33.0 Å². The second-order valence-corrected chi connectivity index (χ2v) is 8.57.